The van der Waals surface area contributed by atoms with E-state index in [2.05, 4.69) is 16.7 Å². The van der Waals surface area contributed by atoms with Gasteiger partial charge in [-0.25, -0.2) is 0 Å². The zero-order chi connectivity index (χ0) is 19.2. The molecule has 0 heterocycles. The Bertz CT molecular complexity index is 1030. The van der Waals surface area contributed by atoms with Gasteiger partial charge in [0.2, 0.25) is 0 Å². The molecule has 0 bridgehead atoms. The lowest BCUT2D eigenvalue weighted by atomic mass is 9.95. The van der Waals surface area contributed by atoms with Crippen LogP contribution in [0.15, 0.2) is 72.8 Å². The second kappa shape index (κ2) is 7.98. The molecule has 0 aromatic heterocycles. The zero-order valence-electron chi connectivity index (χ0n) is 14.7. The predicted octanol–water partition coefficient (Wildman–Crippen LogP) is 3.84. The molecule has 0 unspecified atom stereocenters. The summed E-state index contributed by atoms with van der Waals surface area (Å²) in [4.78, 5) is 24.4. The molecule has 2 amide bonds. The van der Waals surface area contributed by atoms with Crippen molar-refractivity contribution >= 4 is 17.5 Å². The highest BCUT2D eigenvalue weighted by Gasteiger charge is 2.15. The first-order valence-electron chi connectivity index (χ1n) is 8.36. The highest BCUT2D eigenvalue weighted by molar-refractivity contribution is 6.09. The van der Waals surface area contributed by atoms with E-state index in [0.29, 0.717) is 33.5 Å². The van der Waals surface area contributed by atoms with Crippen LogP contribution in [0.3, 0.4) is 0 Å². The van der Waals surface area contributed by atoms with Gasteiger partial charge in [-0.3, -0.25) is 9.59 Å². The molecule has 0 saturated heterocycles. The highest BCUT2D eigenvalue weighted by atomic mass is 16.2. The smallest absolute Gasteiger partial charge is 0.256 e. The lowest BCUT2D eigenvalue weighted by Crippen LogP contribution is -2.18. The lowest BCUT2D eigenvalue weighted by molar-refractivity contribution is 0.0962. The van der Waals surface area contributed by atoms with Crippen LogP contribution in [0.25, 0.3) is 11.1 Å². The van der Waals surface area contributed by atoms with Crippen LogP contribution in [-0.4, -0.2) is 18.9 Å². The van der Waals surface area contributed by atoms with Crippen LogP contribution >= 0.6 is 0 Å². The monoisotopic (exact) mass is 355 g/mol. The number of benzene rings is 3. The van der Waals surface area contributed by atoms with Gasteiger partial charge in [0, 0.05) is 29.4 Å². The van der Waals surface area contributed by atoms with Crippen molar-refractivity contribution in [2.24, 2.45) is 0 Å². The highest BCUT2D eigenvalue weighted by Crippen LogP contribution is 2.27. The Morgan fingerprint density at radius 1 is 0.815 bits per heavy atom. The second-order valence-corrected chi connectivity index (χ2v) is 5.81. The molecule has 0 aliphatic heterocycles. The Morgan fingerprint density at radius 3 is 2.11 bits per heavy atom. The molecule has 0 fully saturated rings. The molecule has 0 saturated carbocycles. The van der Waals surface area contributed by atoms with Crippen molar-refractivity contribution < 1.29 is 9.59 Å². The number of hydrogen-bond donors (Lipinski definition) is 2. The number of nitriles is 1. The van der Waals surface area contributed by atoms with Gasteiger partial charge in [0.25, 0.3) is 11.8 Å². The molecule has 0 aliphatic rings. The van der Waals surface area contributed by atoms with Gasteiger partial charge in [0.05, 0.1) is 11.6 Å². The molecule has 3 aromatic rings. The number of carbonyl (C=O) groups is 2. The largest absolute Gasteiger partial charge is 0.355 e. The lowest BCUT2D eigenvalue weighted by Gasteiger charge is -2.12. The maximum atomic E-state index is 12.8. The summed E-state index contributed by atoms with van der Waals surface area (Å²) in [5.74, 6) is -0.475. The van der Waals surface area contributed by atoms with E-state index in [1.807, 2.05) is 24.3 Å². The SMILES string of the molecule is CNC(=O)c1ccc(NC(=O)c2ccccc2-c2ccccc2C#N)cc1. The van der Waals surface area contributed by atoms with E-state index >= 15 is 0 Å². The van der Waals surface area contributed by atoms with Gasteiger partial charge in [0.1, 0.15) is 0 Å². The average molecular weight is 355 g/mol. The summed E-state index contributed by atoms with van der Waals surface area (Å²) in [7, 11) is 1.56. The van der Waals surface area contributed by atoms with Crippen molar-refractivity contribution in [3.05, 3.63) is 89.5 Å². The fourth-order valence-electron chi connectivity index (χ4n) is 2.78. The molecule has 132 valence electrons. The number of nitrogens with zero attached hydrogens (tertiary/aromatic N) is 1. The fourth-order valence-corrected chi connectivity index (χ4v) is 2.78. The van der Waals surface area contributed by atoms with Crippen LogP contribution in [0, 0.1) is 11.3 Å². The first-order chi connectivity index (χ1) is 13.1. The zero-order valence-corrected chi connectivity index (χ0v) is 14.7. The number of carbonyl (C=O) groups excluding carboxylic acids is 2. The van der Waals surface area contributed by atoms with Crippen LogP contribution in [0.4, 0.5) is 5.69 Å². The molecule has 5 nitrogen and oxygen atoms in total. The molecular weight excluding hydrogens is 338 g/mol. The standard InChI is InChI=1S/C22H17N3O2/c1-24-21(26)15-10-12-17(13-11-15)25-22(27)20-9-5-4-8-19(20)18-7-3-2-6-16(18)14-23/h2-13H,1H3,(H,24,26)(H,25,27). The molecule has 3 aromatic carbocycles. The van der Waals surface area contributed by atoms with Gasteiger partial charge in [-0.05, 0) is 42.0 Å². The molecular formula is C22H17N3O2. The van der Waals surface area contributed by atoms with E-state index in [9.17, 15) is 14.9 Å². The van der Waals surface area contributed by atoms with Gasteiger partial charge in [0.15, 0.2) is 0 Å². The molecule has 0 aliphatic carbocycles. The molecule has 0 radical (unpaired) electrons. The molecule has 3 rings (SSSR count). The molecule has 5 heteroatoms. The van der Waals surface area contributed by atoms with Gasteiger partial charge >= 0.3 is 0 Å². The van der Waals surface area contributed by atoms with Crippen LogP contribution in [0.2, 0.25) is 0 Å². The van der Waals surface area contributed by atoms with Gasteiger partial charge in [-0.2, -0.15) is 5.26 Å². The van der Waals surface area contributed by atoms with E-state index in [-0.39, 0.29) is 11.8 Å². The molecule has 2 N–H and O–H groups in total. The average Bonchev–Trinajstić information content (AvgIpc) is 2.73. The van der Waals surface area contributed by atoms with Crippen LogP contribution in [0.5, 0.6) is 0 Å². The van der Waals surface area contributed by atoms with Crippen molar-refractivity contribution in [3.63, 3.8) is 0 Å². The normalized spacial score (nSPS) is 9.93. The number of anilines is 1. The Kier molecular flexibility index (Phi) is 5.29. The first kappa shape index (κ1) is 17.9. The number of hydrogen-bond acceptors (Lipinski definition) is 3. The van der Waals surface area contributed by atoms with E-state index in [1.54, 1.807) is 55.6 Å². The number of amides is 2. The Morgan fingerprint density at radius 2 is 1.44 bits per heavy atom. The summed E-state index contributed by atoms with van der Waals surface area (Å²) in [6, 6.07) is 23.1. The summed E-state index contributed by atoms with van der Waals surface area (Å²) in [6.07, 6.45) is 0. The van der Waals surface area contributed by atoms with Crippen LogP contribution in [-0.2, 0) is 0 Å². The molecule has 0 atom stereocenters. The topological polar surface area (TPSA) is 82.0 Å². The second-order valence-electron chi connectivity index (χ2n) is 5.81. The minimum absolute atomic E-state index is 0.189. The quantitative estimate of drug-likeness (QED) is 0.746. The Hall–Kier alpha value is -3.91. The predicted molar refractivity (Wildman–Crippen MR) is 104 cm³/mol. The van der Waals surface area contributed by atoms with Crippen molar-refractivity contribution in [1.29, 1.82) is 5.26 Å². The summed E-state index contributed by atoms with van der Waals surface area (Å²) in [5.41, 5.74) is 3.47. The summed E-state index contributed by atoms with van der Waals surface area (Å²) in [5, 5.41) is 14.7. The Balaban J connectivity index is 1.90. The molecule has 0 spiro atoms. The van der Waals surface area contributed by atoms with Crippen LogP contribution in [0.1, 0.15) is 26.3 Å². The van der Waals surface area contributed by atoms with Gasteiger partial charge in [-0.1, -0.05) is 36.4 Å². The van der Waals surface area contributed by atoms with Crippen molar-refractivity contribution in [2.45, 2.75) is 0 Å². The Labute approximate surface area is 157 Å². The third-order valence-corrected chi connectivity index (χ3v) is 4.14. The third-order valence-electron chi connectivity index (χ3n) is 4.14. The maximum Gasteiger partial charge on any atom is 0.256 e. The van der Waals surface area contributed by atoms with Crippen LogP contribution < -0.4 is 10.6 Å². The van der Waals surface area contributed by atoms with Crippen molar-refractivity contribution in [1.82, 2.24) is 5.32 Å². The van der Waals surface area contributed by atoms with Gasteiger partial charge in [-0.15, -0.1) is 0 Å². The number of rotatable bonds is 4. The fraction of sp³-hybridized carbons (Fsp3) is 0.0455. The third kappa shape index (κ3) is 3.86. The summed E-state index contributed by atoms with van der Waals surface area (Å²) >= 11 is 0. The molecule has 27 heavy (non-hydrogen) atoms. The minimum Gasteiger partial charge on any atom is -0.355 e. The first-order valence-corrected chi connectivity index (χ1v) is 8.36. The number of nitrogens with one attached hydrogen (secondary N) is 2. The summed E-state index contributed by atoms with van der Waals surface area (Å²) < 4.78 is 0. The van der Waals surface area contributed by atoms with Crippen molar-refractivity contribution in [3.8, 4) is 17.2 Å². The minimum atomic E-state index is -0.286. The van der Waals surface area contributed by atoms with E-state index < -0.39 is 0 Å². The van der Waals surface area contributed by atoms with E-state index in [0.717, 1.165) is 0 Å². The maximum absolute atomic E-state index is 12.8. The van der Waals surface area contributed by atoms with E-state index in [4.69, 9.17) is 0 Å². The van der Waals surface area contributed by atoms with Crippen molar-refractivity contribution in [2.75, 3.05) is 12.4 Å². The van der Waals surface area contributed by atoms with E-state index in [1.165, 1.54) is 0 Å². The van der Waals surface area contributed by atoms with Gasteiger partial charge < -0.3 is 10.6 Å². The summed E-state index contributed by atoms with van der Waals surface area (Å²) in [6.45, 7) is 0.